The fraction of sp³-hybridized carbons (Fsp3) is 0.174. The van der Waals surface area contributed by atoms with E-state index < -0.39 is 0 Å². The van der Waals surface area contributed by atoms with E-state index in [0.29, 0.717) is 18.9 Å². The number of aromatic nitrogens is 4. The molecule has 6 nitrogen and oxygen atoms in total. The average Bonchev–Trinajstić information content (AvgIpc) is 3.42. The van der Waals surface area contributed by atoms with E-state index in [9.17, 15) is 9.18 Å². The van der Waals surface area contributed by atoms with Gasteiger partial charge in [0.1, 0.15) is 5.82 Å². The molecule has 4 aromatic rings. The van der Waals surface area contributed by atoms with E-state index in [1.54, 1.807) is 15.3 Å². The maximum atomic E-state index is 13.6. The summed E-state index contributed by atoms with van der Waals surface area (Å²) in [5.74, 6) is 0.0802. The molecular formula is C23H22FN5O. The van der Waals surface area contributed by atoms with Crippen LogP contribution in [0.4, 0.5) is 4.39 Å². The lowest BCUT2D eigenvalue weighted by atomic mass is 10.0. The van der Waals surface area contributed by atoms with E-state index in [0.717, 1.165) is 11.1 Å². The number of amides is 1. The van der Waals surface area contributed by atoms with Crippen molar-refractivity contribution < 1.29 is 9.18 Å². The van der Waals surface area contributed by atoms with Gasteiger partial charge in [0.2, 0.25) is 0 Å². The van der Waals surface area contributed by atoms with Crippen molar-refractivity contribution >= 4 is 5.91 Å². The molecule has 152 valence electrons. The summed E-state index contributed by atoms with van der Waals surface area (Å²) in [6.45, 7) is 2.83. The van der Waals surface area contributed by atoms with Crippen LogP contribution in [0.1, 0.15) is 34.5 Å². The average molecular weight is 403 g/mol. The molecule has 0 saturated carbocycles. The number of hydrogen-bond donors (Lipinski definition) is 1. The Morgan fingerprint density at radius 1 is 1.07 bits per heavy atom. The summed E-state index contributed by atoms with van der Waals surface area (Å²) < 4.78 is 17.0. The van der Waals surface area contributed by atoms with Gasteiger partial charge in [0.15, 0.2) is 11.5 Å². The van der Waals surface area contributed by atoms with Gasteiger partial charge in [-0.25, -0.2) is 9.07 Å². The number of rotatable bonds is 7. The van der Waals surface area contributed by atoms with Crippen LogP contribution in [0.3, 0.4) is 0 Å². The van der Waals surface area contributed by atoms with Gasteiger partial charge in [-0.2, -0.15) is 0 Å². The zero-order valence-corrected chi connectivity index (χ0v) is 16.6. The minimum absolute atomic E-state index is 0.160. The Balaban J connectivity index is 1.57. The van der Waals surface area contributed by atoms with Crippen molar-refractivity contribution in [1.82, 2.24) is 24.9 Å². The van der Waals surface area contributed by atoms with Crippen LogP contribution in [0.2, 0.25) is 0 Å². The van der Waals surface area contributed by atoms with Crippen LogP contribution in [0, 0.1) is 5.82 Å². The second-order valence-corrected chi connectivity index (χ2v) is 7.16. The standard InChI is InChI=1S/C23H22FN5O/c1-17(19-9-3-2-4-10-19)15-25-22(30)21-23(28-12-5-6-13-28)29(27-26-21)16-18-8-7-11-20(24)14-18/h2-14,17H,15-16H2,1H3,(H,25,30)/t17-/m1/s1. The SMILES string of the molecule is C[C@H](CNC(=O)c1nnn(Cc2cccc(F)c2)c1-n1cccc1)c1ccccc1. The lowest BCUT2D eigenvalue weighted by Crippen LogP contribution is -2.29. The van der Waals surface area contributed by atoms with Crippen LogP contribution < -0.4 is 5.32 Å². The first-order chi connectivity index (χ1) is 14.6. The summed E-state index contributed by atoms with van der Waals surface area (Å²) in [6.07, 6.45) is 3.65. The summed E-state index contributed by atoms with van der Waals surface area (Å²) in [4.78, 5) is 12.9. The maximum Gasteiger partial charge on any atom is 0.275 e. The van der Waals surface area contributed by atoms with Crippen molar-refractivity contribution in [2.45, 2.75) is 19.4 Å². The first kappa shape index (κ1) is 19.6. The summed E-state index contributed by atoms with van der Waals surface area (Å²) in [5, 5.41) is 11.3. The number of nitrogens with zero attached hydrogens (tertiary/aromatic N) is 4. The molecule has 0 fully saturated rings. The van der Waals surface area contributed by atoms with Crippen molar-refractivity contribution in [2.75, 3.05) is 6.54 Å². The predicted molar refractivity (Wildman–Crippen MR) is 112 cm³/mol. The van der Waals surface area contributed by atoms with Crippen LogP contribution >= 0.6 is 0 Å². The predicted octanol–water partition coefficient (Wildman–Crippen LogP) is 3.79. The minimum atomic E-state index is -0.317. The minimum Gasteiger partial charge on any atom is -0.350 e. The van der Waals surface area contributed by atoms with E-state index in [4.69, 9.17) is 0 Å². The first-order valence-corrected chi connectivity index (χ1v) is 9.76. The highest BCUT2D eigenvalue weighted by atomic mass is 19.1. The van der Waals surface area contributed by atoms with Gasteiger partial charge in [-0.3, -0.25) is 4.79 Å². The third-order valence-corrected chi connectivity index (χ3v) is 4.93. The normalized spacial score (nSPS) is 11.9. The van der Waals surface area contributed by atoms with Crippen molar-refractivity contribution in [3.05, 3.63) is 102 Å². The van der Waals surface area contributed by atoms with Crippen LogP contribution in [-0.4, -0.2) is 32.0 Å². The topological polar surface area (TPSA) is 64.7 Å². The largest absolute Gasteiger partial charge is 0.350 e. The number of carbonyl (C=O) groups excluding carboxylic acids is 1. The van der Waals surface area contributed by atoms with Gasteiger partial charge < -0.3 is 9.88 Å². The Morgan fingerprint density at radius 3 is 2.57 bits per heavy atom. The maximum absolute atomic E-state index is 13.6. The van der Waals surface area contributed by atoms with Crippen LogP contribution in [0.15, 0.2) is 79.1 Å². The molecular weight excluding hydrogens is 381 g/mol. The second-order valence-electron chi connectivity index (χ2n) is 7.16. The Hall–Kier alpha value is -3.74. The van der Waals surface area contributed by atoms with Gasteiger partial charge >= 0.3 is 0 Å². The van der Waals surface area contributed by atoms with Crippen molar-refractivity contribution in [3.8, 4) is 5.82 Å². The van der Waals surface area contributed by atoms with Crippen LogP contribution in [0.25, 0.3) is 5.82 Å². The number of nitrogens with one attached hydrogen (secondary N) is 1. The molecule has 0 aliphatic carbocycles. The van der Waals surface area contributed by atoms with E-state index in [1.807, 2.05) is 60.9 Å². The smallest absolute Gasteiger partial charge is 0.275 e. The highest BCUT2D eigenvalue weighted by Gasteiger charge is 2.22. The molecule has 2 aromatic carbocycles. The molecule has 0 radical (unpaired) electrons. The number of halogens is 1. The molecule has 0 aliphatic rings. The van der Waals surface area contributed by atoms with Crippen molar-refractivity contribution in [1.29, 1.82) is 0 Å². The molecule has 0 bridgehead atoms. The highest BCUT2D eigenvalue weighted by Crippen LogP contribution is 2.17. The monoisotopic (exact) mass is 403 g/mol. The fourth-order valence-corrected chi connectivity index (χ4v) is 3.33. The lowest BCUT2D eigenvalue weighted by molar-refractivity contribution is 0.0946. The molecule has 2 heterocycles. The van der Waals surface area contributed by atoms with Crippen molar-refractivity contribution in [2.24, 2.45) is 0 Å². The highest BCUT2D eigenvalue weighted by molar-refractivity contribution is 5.95. The van der Waals surface area contributed by atoms with Crippen LogP contribution in [0.5, 0.6) is 0 Å². The third kappa shape index (κ3) is 4.30. The summed E-state index contributed by atoms with van der Waals surface area (Å²) in [6, 6.07) is 20.0. The van der Waals surface area contributed by atoms with Gasteiger partial charge in [0.05, 0.1) is 6.54 Å². The van der Waals surface area contributed by atoms with Gasteiger partial charge in [-0.1, -0.05) is 54.6 Å². The quantitative estimate of drug-likeness (QED) is 0.511. The molecule has 0 unspecified atom stereocenters. The second kappa shape index (κ2) is 8.73. The Labute approximate surface area is 174 Å². The molecule has 0 saturated heterocycles. The zero-order chi connectivity index (χ0) is 20.9. The number of carbonyl (C=O) groups is 1. The van der Waals surface area contributed by atoms with E-state index >= 15 is 0 Å². The molecule has 30 heavy (non-hydrogen) atoms. The molecule has 4 rings (SSSR count). The summed E-state index contributed by atoms with van der Waals surface area (Å²) >= 11 is 0. The molecule has 1 atom stereocenters. The van der Waals surface area contributed by atoms with Crippen LogP contribution in [-0.2, 0) is 6.54 Å². The number of hydrogen-bond acceptors (Lipinski definition) is 3. The summed E-state index contributed by atoms with van der Waals surface area (Å²) in [7, 11) is 0. The third-order valence-electron chi connectivity index (χ3n) is 4.93. The summed E-state index contributed by atoms with van der Waals surface area (Å²) in [5.41, 5.74) is 2.11. The molecule has 1 N–H and O–H groups in total. The van der Waals surface area contributed by atoms with Gasteiger partial charge in [0, 0.05) is 18.9 Å². The van der Waals surface area contributed by atoms with Gasteiger partial charge in [-0.15, -0.1) is 5.10 Å². The molecule has 2 aromatic heterocycles. The lowest BCUT2D eigenvalue weighted by Gasteiger charge is -2.13. The van der Waals surface area contributed by atoms with Gasteiger partial charge in [-0.05, 0) is 41.3 Å². The van der Waals surface area contributed by atoms with E-state index in [1.165, 1.54) is 12.1 Å². The Bertz CT molecular complexity index is 1120. The molecule has 0 spiro atoms. The van der Waals surface area contributed by atoms with E-state index in [2.05, 4.69) is 22.6 Å². The van der Waals surface area contributed by atoms with E-state index in [-0.39, 0.29) is 23.3 Å². The van der Waals surface area contributed by atoms with Gasteiger partial charge in [0.25, 0.3) is 5.91 Å². The molecule has 0 aliphatic heterocycles. The Morgan fingerprint density at radius 2 is 1.83 bits per heavy atom. The van der Waals surface area contributed by atoms with Crippen molar-refractivity contribution in [3.63, 3.8) is 0 Å². The fourth-order valence-electron chi connectivity index (χ4n) is 3.33. The Kier molecular flexibility index (Phi) is 5.70. The number of benzene rings is 2. The molecule has 1 amide bonds. The molecule has 7 heteroatoms. The first-order valence-electron chi connectivity index (χ1n) is 9.76. The zero-order valence-electron chi connectivity index (χ0n) is 16.6.